The van der Waals surface area contributed by atoms with Crippen LogP contribution in [0.25, 0.3) is 0 Å². The molecule has 1 fully saturated rings. The number of hydrogen-bond acceptors (Lipinski definition) is 5. The Morgan fingerprint density at radius 1 is 1.16 bits per heavy atom. The first-order valence-corrected chi connectivity index (χ1v) is 6.38. The van der Waals surface area contributed by atoms with Gasteiger partial charge in [-0.25, -0.2) is 0 Å². The third-order valence-electron chi connectivity index (χ3n) is 3.20. The topological polar surface area (TPSA) is 79.5 Å². The summed E-state index contributed by atoms with van der Waals surface area (Å²) in [5.74, 6) is 1.14. The fraction of sp³-hybridized carbons (Fsp3) is 0.667. The van der Waals surface area contributed by atoms with Crippen molar-refractivity contribution in [2.75, 3.05) is 26.2 Å². The maximum Gasteiger partial charge on any atom is 0.223 e. The van der Waals surface area contributed by atoms with E-state index >= 15 is 0 Å². The van der Waals surface area contributed by atoms with Gasteiger partial charge >= 0.3 is 0 Å². The SMILES string of the molecule is CC(=O)N1CCN(C(=O)CCc2nnc(C)o2)CC1. The number of carbonyl (C=O) groups excluding carboxylic acids is 2. The highest BCUT2D eigenvalue weighted by Crippen LogP contribution is 2.07. The molecular weight excluding hydrogens is 248 g/mol. The Hall–Kier alpha value is -1.92. The maximum atomic E-state index is 12.0. The molecular formula is C12H18N4O3. The van der Waals surface area contributed by atoms with Crippen molar-refractivity contribution in [3.63, 3.8) is 0 Å². The summed E-state index contributed by atoms with van der Waals surface area (Å²) >= 11 is 0. The summed E-state index contributed by atoms with van der Waals surface area (Å²) in [5, 5.41) is 7.58. The van der Waals surface area contributed by atoms with E-state index in [0.29, 0.717) is 50.8 Å². The third-order valence-corrected chi connectivity index (χ3v) is 3.20. The van der Waals surface area contributed by atoms with Crippen molar-refractivity contribution in [1.82, 2.24) is 20.0 Å². The van der Waals surface area contributed by atoms with E-state index in [2.05, 4.69) is 10.2 Å². The van der Waals surface area contributed by atoms with Crippen molar-refractivity contribution in [2.24, 2.45) is 0 Å². The molecule has 0 radical (unpaired) electrons. The molecule has 7 nitrogen and oxygen atoms in total. The van der Waals surface area contributed by atoms with Crippen molar-refractivity contribution in [3.8, 4) is 0 Å². The van der Waals surface area contributed by atoms with Crippen LogP contribution in [-0.4, -0.2) is 58.0 Å². The molecule has 0 spiro atoms. The van der Waals surface area contributed by atoms with Gasteiger partial charge < -0.3 is 14.2 Å². The number of hydrogen-bond donors (Lipinski definition) is 0. The lowest BCUT2D eigenvalue weighted by Crippen LogP contribution is -2.50. The normalized spacial score (nSPS) is 15.7. The summed E-state index contributed by atoms with van der Waals surface area (Å²) in [7, 11) is 0. The monoisotopic (exact) mass is 266 g/mol. The molecule has 0 aromatic carbocycles. The molecule has 1 aliphatic rings. The van der Waals surface area contributed by atoms with Crippen LogP contribution in [0.1, 0.15) is 25.1 Å². The minimum absolute atomic E-state index is 0.0634. The molecule has 0 atom stereocenters. The standard InChI is InChI=1S/C12H18N4O3/c1-9-13-14-11(19-9)3-4-12(18)16-7-5-15(6-8-16)10(2)17/h3-8H2,1-2H3. The Kier molecular flexibility index (Phi) is 4.13. The van der Waals surface area contributed by atoms with Crippen LogP contribution in [-0.2, 0) is 16.0 Å². The largest absolute Gasteiger partial charge is 0.426 e. The van der Waals surface area contributed by atoms with Crippen molar-refractivity contribution in [1.29, 1.82) is 0 Å². The Morgan fingerprint density at radius 3 is 2.32 bits per heavy atom. The Morgan fingerprint density at radius 2 is 1.79 bits per heavy atom. The van der Waals surface area contributed by atoms with E-state index in [1.165, 1.54) is 0 Å². The highest BCUT2D eigenvalue weighted by Gasteiger charge is 2.22. The number of carbonyl (C=O) groups is 2. The van der Waals surface area contributed by atoms with Gasteiger partial charge in [-0.2, -0.15) is 0 Å². The van der Waals surface area contributed by atoms with Gasteiger partial charge in [0.25, 0.3) is 0 Å². The summed E-state index contributed by atoms with van der Waals surface area (Å²) in [5.41, 5.74) is 0. The molecule has 0 bridgehead atoms. The number of rotatable bonds is 3. The highest BCUT2D eigenvalue weighted by molar-refractivity contribution is 5.77. The molecule has 0 aliphatic carbocycles. The average Bonchev–Trinajstić information content (AvgIpc) is 2.82. The molecule has 1 saturated heterocycles. The molecule has 2 amide bonds. The van der Waals surface area contributed by atoms with Crippen molar-refractivity contribution in [2.45, 2.75) is 26.7 Å². The van der Waals surface area contributed by atoms with Gasteiger partial charge in [0.1, 0.15) is 0 Å². The lowest BCUT2D eigenvalue weighted by molar-refractivity contribution is -0.138. The minimum atomic E-state index is 0.0634. The third kappa shape index (κ3) is 3.52. The van der Waals surface area contributed by atoms with E-state index in [1.807, 2.05) is 0 Å². The van der Waals surface area contributed by atoms with E-state index in [4.69, 9.17) is 4.42 Å². The van der Waals surface area contributed by atoms with Crippen LogP contribution < -0.4 is 0 Å². The van der Waals surface area contributed by atoms with E-state index in [9.17, 15) is 9.59 Å². The molecule has 0 unspecified atom stereocenters. The van der Waals surface area contributed by atoms with Crippen LogP contribution in [0, 0.1) is 6.92 Å². The van der Waals surface area contributed by atoms with Gasteiger partial charge in [0, 0.05) is 52.9 Å². The first-order chi connectivity index (χ1) is 9.06. The smallest absolute Gasteiger partial charge is 0.223 e. The van der Waals surface area contributed by atoms with Crippen LogP contribution in [0.3, 0.4) is 0 Å². The first kappa shape index (κ1) is 13.5. The molecule has 2 heterocycles. The molecule has 0 N–H and O–H groups in total. The number of aromatic nitrogens is 2. The summed E-state index contributed by atoms with van der Waals surface area (Å²) < 4.78 is 5.22. The fourth-order valence-corrected chi connectivity index (χ4v) is 2.08. The molecule has 19 heavy (non-hydrogen) atoms. The first-order valence-electron chi connectivity index (χ1n) is 6.38. The quantitative estimate of drug-likeness (QED) is 0.769. The lowest BCUT2D eigenvalue weighted by atomic mass is 10.2. The van der Waals surface area contributed by atoms with Gasteiger partial charge in [-0.15, -0.1) is 10.2 Å². The number of amides is 2. The van der Waals surface area contributed by atoms with Gasteiger partial charge in [0.2, 0.25) is 23.6 Å². The molecule has 0 saturated carbocycles. The second-order valence-electron chi connectivity index (χ2n) is 4.60. The van der Waals surface area contributed by atoms with Crippen LogP contribution in [0.2, 0.25) is 0 Å². The fourth-order valence-electron chi connectivity index (χ4n) is 2.08. The van der Waals surface area contributed by atoms with E-state index < -0.39 is 0 Å². The van der Waals surface area contributed by atoms with Crippen molar-refractivity contribution in [3.05, 3.63) is 11.8 Å². The summed E-state index contributed by atoms with van der Waals surface area (Å²) in [4.78, 5) is 26.7. The van der Waals surface area contributed by atoms with E-state index in [0.717, 1.165) is 0 Å². The van der Waals surface area contributed by atoms with E-state index in [-0.39, 0.29) is 11.8 Å². The average molecular weight is 266 g/mol. The van der Waals surface area contributed by atoms with Crippen LogP contribution >= 0.6 is 0 Å². The molecule has 7 heteroatoms. The van der Waals surface area contributed by atoms with Gasteiger partial charge in [-0.1, -0.05) is 0 Å². The Bertz CT molecular complexity index is 463. The van der Waals surface area contributed by atoms with Gasteiger partial charge in [0.05, 0.1) is 0 Å². The predicted molar refractivity (Wildman–Crippen MR) is 66.2 cm³/mol. The number of piperazine rings is 1. The molecule has 2 rings (SSSR count). The maximum absolute atomic E-state index is 12.0. The zero-order valence-electron chi connectivity index (χ0n) is 11.3. The van der Waals surface area contributed by atoms with Crippen molar-refractivity contribution < 1.29 is 14.0 Å². The zero-order chi connectivity index (χ0) is 13.8. The van der Waals surface area contributed by atoms with Crippen LogP contribution in [0.4, 0.5) is 0 Å². The Balaban J connectivity index is 1.77. The lowest BCUT2D eigenvalue weighted by Gasteiger charge is -2.34. The Labute approximate surface area is 111 Å². The molecule has 1 aromatic heterocycles. The number of nitrogens with zero attached hydrogens (tertiary/aromatic N) is 4. The van der Waals surface area contributed by atoms with Gasteiger partial charge in [-0.05, 0) is 0 Å². The molecule has 1 aromatic rings. The minimum Gasteiger partial charge on any atom is -0.426 e. The highest BCUT2D eigenvalue weighted by atomic mass is 16.4. The number of aryl methyl sites for hydroxylation is 2. The summed E-state index contributed by atoms with van der Waals surface area (Å²) in [6, 6.07) is 0. The second-order valence-corrected chi connectivity index (χ2v) is 4.60. The van der Waals surface area contributed by atoms with E-state index in [1.54, 1.807) is 23.6 Å². The zero-order valence-corrected chi connectivity index (χ0v) is 11.3. The predicted octanol–water partition coefficient (Wildman–Crippen LogP) is 0.00132. The van der Waals surface area contributed by atoms with Gasteiger partial charge in [-0.3, -0.25) is 9.59 Å². The second kappa shape index (κ2) is 5.81. The molecule has 104 valence electrons. The van der Waals surface area contributed by atoms with Gasteiger partial charge in [0.15, 0.2) is 0 Å². The summed E-state index contributed by atoms with van der Waals surface area (Å²) in [6.45, 7) is 5.69. The van der Waals surface area contributed by atoms with Crippen molar-refractivity contribution >= 4 is 11.8 Å². The van der Waals surface area contributed by atoms with Crippen LogP contribution in [0.5, 0.6) is 0 Å². The summed E-state index contributed by atoms with van der Waals surface area (Å²) in [6.07, 6.45) is 0.828. The molecule has 1 aliphatic heterocycles. The van der Waals surface area contributed by atoms with Crippen LogP contribution in [0.15, 0.2) is 4.42 Å².